The molecule has 0 aromatic carbocycles. The summed E-state index contributed by atoms with van der Waals surface area (Å²) in [6.07, 6.45) is 10.4. The molecule has 0 saturated heterocycles. The maximum Gasteiger partial charge on any atom is 0.333 e. The van der Waals surface area contributed by atoms with Gasteiger partial charge in [0.25, 0.3) is 6.21 Å². The van der Waals surface area contributed by atoms with E-state index >= 15 is 0 Å². The van der Waals surface area contributed by atoms with Gasteiger partial charge in [-0.3, -0.25) is 0 Å². The van der Waals surface area contributed by atoms with Crippen molar-refractivity contribution in [3.8, 4) is 0 Å². The van der Waals surface area contributed by atoms with Crippen molar-refractivity contribution in [2.45, 2.75) is 46.5 Å². The fraction of sp³-hybridized carbons (Fsp3) is 0.500. The van der Waals surface area contributed by atoms with Gasteiger partial charge in [-0.25, -0.2) is 4.79 Å². The van der Waals surface area contributed by atoms with E-state index in [1.54, 1.807) is 0 Å². The van der Waals surface area contributed by atoms with Crippen LogP contribution in [-0.2, 0) is 9.53 Å². The summed E-state index contributed by atoms with van der Waals surface area (Å²) in [7, 11) is 1.34. The molecule has 0 aromatic heterocycles. The molecule has 0 fully saturated rings. The standard InChI is InChI=1S/C16H24N2O2/c1-13(2)7-5-8-14(3)9-6-10-15(11-12-18-17)16(19)20-4/h7,9,11-12H,5-6,8,10H2,1-4H3/b14-9+,15-11+. The van der Waals surface area contributed by atoms with E-state index < -0.39 is 0 Å². The van der Waals surface area contributed by atoms with Crippen LogP contribution in [0.4, 0.5) is 0 Å². The van der Waals surface area contributed by atoms with Gasteiger partial charge in [0.05, 0.1) is 7.11 Å². The first-order valence-electron chi connectivity index (χ1n) is 6.75. The van der Waals surface area contributed by atoms with Crippen molar-refractivity contribution in [2.24, 2.45) is 0 Å². The van der Waals surface area contributed by atoms with Gasteiger partial charge in [-0.1, -0.05) is 23.3 Å². The lowest BCUT2D eigenvalue weighted by Crippen LogP contribution is -2.05. The van der Waals surface area contributed by atoms with E-state index in [0.717, 1.165) is 19.3 Å². The highest BCUT2D eigenvalue weighted by Crippen LogP contribution is 2.12. The Bertz CT molecular complexity index is 449. The Labute approximate surface area is 121 Å². The molecule has 110 valence electrons. The highest BCUT2D eigenvalue weighted by molar-refractivity contribution is 5.92. The van der Waals surface area contributed by atoms with Gasteiger partial charge in [0.2, 0.25) is 0 Å². The Morgan fingerprint density at radius 1 is 1.15 bits per heavy atom. The second-order valence-corrected chi connectivity index (χ2v) is 4.86. The Kier molecular flexibility index (Phi) is 9.89. The molecule has 0 spiro atoms. The summed E-state index contributed by atoms with van der Waals surface area (Å²) in [5.74, 6) is -0.388. The number of carbonyl (C=O) groups is 1. The number of esters is 1. The van der Waals surface area contributed by atoms with Crippen molar-refractivity contribution >= 4 is 12.2 Å². The second-order valence-electron chi connectivity index (χ2n) is 4.86. The van der Waals surface area contributed by atoms with Crippen molar-refractivity contribution < 1.29 is 14.3 Å². The lowest BCUT2D eigenvalue weighted by Gasteiger charge is -2.03. The van der Waals surface area contributed by atoms with Gasteiger partial charge in [0.1, 0.15) is 0 Å². The number of hydrogen-bond donors (Lipinski definition) is 0. The molecule has 4 nitrogen and oxygen atoms in total. The SMILES string of the molecule is COC(=O)/C(=C/C=[N+]=[N-])CC/C=C(\C)CCC=C(C)C. The summed E-state index contributed by atoms with van der Waals surface area (Å²) in [4.78, 5) is 14.3. The van der Waals surface area contributed by atoms with E-state index in [1.807, 2.05) is 0 Å². The minimum absolute atomic E-state index is 0.388. The molecule has 4 heteroatoms. The summed E-state index contributed by atoms with van der Waals surface area (Å²) >= 11 is 0. The summed E-state index contributed by atoms with van der Waals surface area (Å²) in [6, 6.07) is 0. The van der Waals surface area contributed by atoms with Gasteiger partial charge >= 0.3 is 5.97 Å². The first kappa shape index (κ1) is 18.1. The highest BCUT2D eigenvalue weighted by atomic mass is 16.5. The summed E-state index contributed by atoms with van der Waals surface area (Å²) in [6.45, 7) is 6.28. The number of ether oxygens (including phenoxy) is 1. The third-order valence-corrected chi connectivity index (χ3v) is 2.79. The first-order valence-corrected chi connectivity index (χ1v) is 6.75. The molecule has 0 radical (unpaired) electrons. The van der Waals surface area contributed by atoms with E-state index in [2.05, 4.69) is 42.4 Å². The third kappa shape index (κ3) is 9.06. The molecule has 0 rings (SSSR count). The number of nitrogens with zero attached hydrogens (tertiary/aromatic N) is 2. The maximum atomic E-state index is 11.5. The smallest absolute Gasteiger partial charge is 0.333 e. The average molecular weight is 276 g/mol. The van der Waals surface area contributed by atoms with Gasteiger partial charge in [0, 0.05) is 11.6 Å². The molecule has 0 aliphatic rings. The number of carbonyl (C=O) groups excluding carboxylic acids is 1. The van der Waals surface area contributed by atoms with E-state index in [9.17, 15) is 4.79 Å². The molecule has 0 aliphatic carbocycles. The Balaban J connectivity index is 4.38. The fourth-order valence-corrected chi connectivity index (χ4v) is 1.67. The molecule has 0 N–H and O–H groups in total. The molecule has 20 heavy (non-hydrogen) atoms. The number of allylic oxidation sites excluding steroid dienone is 5. The molecule has 0 unspecified atom stereocenters. The molecule has 0 amide bonds. The molecule has 0 heterocycles. The molecule has 0 aromatic rings. The van der Waals surface area contributed by atoms with E-state index in [0.29, 0.717) is 12.0 Å². The Morgan fingerprint density at radius 3 is 2.35 bits per heavy atom. The highest BCUT2D eigenvalue weighted by Gasteiger charge is 2.08. The number of hydrogen-bond acceptors (Lipinski definition) is 2. The summed E-state index contributed by atoms with van der Waals surface area (Å²) < 4.78 is 4.68. The molecular formula is C16H24N2O2. The van der Waals surface area contributed by atoms with Crippen LogP contribution in [0.25, 0.3) is 5.53 Å². The van der Waals surface area contributed by atoms with E-state index in [4.69, 9.17) is 5.53 Å². The molecule has 0 aliphatic heterocycles. The Morgan fingerprint density at radius 2 is 1.80 bits per heavy atom. The average Bonchev–Trinajstić information content (AvgIpc) is 2.41. The van der Waals surface area contributed by atoms with Crippen molar-refractivity contribution in [1.29, 1.82) is 0 Å². The van der Waals surface area contributed by atoms with Crippen LogP contribution < -0.4 is 0 Å². The lowest BCUT2D eigenvalue weighted by molar-refractivity contribution is -0.136. The zero-order chi connectivity index (χ0) is 15.4. The third-order valence-electron chi connectivity index (χ3n) is 2.79. The van der Waals surface area contributed by atoms with E-state index in [-0.39, 0.29) is 5.97 Å². The number of rotatable bonds is 8. The van der Waals surface area contributed by atoms with Crippen molar-refractivity contribution in [2.75, 3.05) is 7.11 Å². The van der Waals surface area contributed by atoms with Crippen LogP contribution >= 0.6 is 0 Å². The van der Waals surface area contributed by atoms with Crippen LogP contribution in [0.2, 0.25) is 0 Å². The van der Waals surface area contributed by atoms with Gasteiger partial charge in [-0.2, -0.15) is 4.79 Å². The van der Waals surface area contributed by atoms with Crippen molar-refractivity contribution in [3.63, 3.8) is 0 Å². The van der Waals surface area contributed by atoms with Crippen LogP contribution in [0.1, 0.15) is 46.5 Å². The predicted molar refractivity (Wildman–Crippen MR) is 81.4 cm³/mol. The molecule has 0 bridgehead atoms. The van der Waals surface area contributed by atoms with Crippen LogP contribution in [0.5, 0.6) is 0 Å². The van der Waals surface area contributed by atoms with Gasteiger partial charge < -0.3 is 10.3 Å². The first-order chi connectivity index (χ1) is 9.51. The van der Waals surface area contributed by atoms with Gasteiger partial charge in [0.15, 0.2) is 0 Å². The topological polar surface area (TPSA) is 62.7 Å². The quantitative estimate of drug-likeness (QED) is 0.169. The lowest BCUT2D eigenvalue weighted by atomic mass is 10.1. The largest absolute Gasteiger partial charge is 0.466 e. The van der Waals surface area contributed by atoms with E-state index in [1.165, 1.54) is 30.5 Å². The Hall–Kier alpha value is -1.93. The number of methoxy groups -OCH3 is 1. The fourth-order valence-electron chi connectivity index (χ4n) is 1.67. The predicted octanol–water partition coefficient (Wildman–Crippen LogP) is 3.86. The van der Waals surface area contributed by atoms with Gasteiger partial charge in [-0.15, -0.1) is 0 Å². The van der Waals surface area contributed by atoms with Crippen LogP contribution in [0.3, 0.4) is 0 Å². The van der Waals surface area contributed by atoms with Crippen molar-refractivity contribution in [3.05, 3.63) is 40.5 Å². The zero-order valence-electron chi connectivity index (χ0n) is 12.8. The monoisotopic (exact) mass is 276 g/mol. The molecular weight excluding hydrogens is 252 g/mol. The minimum Gasteiger partial charge on any atom is -0.466 e. The minimum atomic E-state index is -0.388. The molecule has 0 atom stereocenters. The van der Waals surface area contributed by atoms with Crippen LogP contribution in [0.15, 0.2) is 34.9 Å². The molecule has 0 saturated carbocycles. The van der Waals surface area contributed by atoms with Crippen LogP contribution in [0, 0.1) is 0 Å². The zero-order valence-corrected chi connectivity index (χ0v) is 12.8. The second kappa shape index (κ2) is 10.9. The normalized spacial score (nSPS) is 11.6. The summed E-state index contributed by atoms with van der Waals surface area (Å²) in [5, 5.41) is 0. The summed E-state index contributed by atoms with van der Waals surface area (Å²) in [5.41, 5.74) is 11.5. The van der Waals surface area contributed by atoms with Crippen molar-refractivity contribution in [1.82, 2.24) is 0 Å². The van der Waals surface area contributed by atoms with Gasteiger partial charge in [-0.05, 0) is 46.5 Å². The maximum absolute atomic E-state index is 11.5. The van der Waals surface area contributed by atoms with Crippen LogP contribution in [-0.4, -0.2) is 24.1 Å².